The molecule has 2 nitrogen and oxygen atoms in total. The smallest absolute Gasteiger partial charge is 0.143 e. The minimum absolute atomic E-state index is 0.164. The van der Waals surface area contributed by atoms with Crippen molar-refractivity contribution in [1.29, 1.82) is 0 Å². The molecule has 1 fully saturated rings. The Hall–Kier alpha value is -1.31. The molecule has 0 aliphatic heterocycles. The molecule has 0 aromatic heterocycles. The van der Waals surface area contributed by atoms with E-state index in [1.165, 1.54) is 0 Å². The monoisotopic (exact) mass is 231 g/mol. The zero-order valence-electron chi connectivity index (χ0n) is 10.7. The van der Waals surface area contributed by atoms with Gasteiger partial charge in [0.15, 0.2) is 0 Å². The summed E-state index contributed by atoms with van der Waals surface area (Å²) in [6.07, 6.45) is 3.72. The van der Waals surface area contributed by atoms with Gasteiger partial charge in [-0.3, -0.25) is 4.79 Å². The van der Waals surface area contributed by atoms with Gasteiger partial charge in [0.25, 0.3) is 0 Å². The summed E-state index contributed by atoms with van der Waals surface area (Å²) in [5.41, 5.74) is 7.43. The summed E-state index contributed by atoms with van der Waals surface area (Å²) in [4.78, 5) is 12.3. The van der Waals surface area contributed by atoms with E-state index < -0.39 is 0 Å². The van der Waals surface area contributed by atoms with Gasteiger partial charge in [-0.25, -0.2) is 0 Å². The lowest BCUT2D eigenvalue weighted by atomic mass is 9.87. The summed E-state index contributed by atoms with van der Waals surface area (Å²) in [7, 11) is 0. The first-order valence-electron chi connectivity index (χ1n) is 6.44. The number of nitrogen functional groups attached to an aromatic ring is 1. The van der Waals surface area contributed by atoms with Crippen LogP contribution in [0.4, 0.5) is 5.69 Å². The number of benzene rings is 1. The Morgan fingerprint density at radius 3 is 2.35 bits per heavy atom. The molecule has 0 unspecified atom stereocenters. The fourth-order valence-corrected chi connectivity index (χ4v) is 2.31. The van der Waals surface area contributed by atoms with Crippen LogP contribution in [0.1, 0.15) is 45.1 Å². The van der Waals surface area contributed by atoms with Crippen molar-refractivity contribution in [2.45, 2.75) is 44.9 Å². The largest absolute Gasteiger partial charge is 0.399 e. The molecule has 2 N–H and O–H groups in total. The van der Waals surface area contributed by atoms with Gasteiger partial charge in [-0.1, -0.05) is 26.0 Å². The van der Waals surface area contributed by atoms with Crippen molar-refractivity contribution >= 4 is 11.5 Å². The number of Topliss-reactive ketones (excluding diaryl/α,β-unsaturated/α-hetero) is 1. The van der Waals surface area contributed by atoms with Gasteiger partial charge in [0.2, 0.25) is 0 Å². The van der Waals surface area contributed by atoms with Gasteiger partial charge in [0, 0.05) is 12.1 Å². The zero-order chi connectivity index (χ0) is 12.5. The van der Waals surface area contributed by atoms with Crippen molar-refractivity contribution < 1.29 is 4.79 Å². The number of carbonyl (C=O) groups excluding carboxylic acids is 1. The lowest BCUT2D eigenvalue weighted by molar-refractivity contribution is -0.121. The van der Waals surface area contributed by atoms with E-state index in [0.29, 0.717) is 18.1 Å². The van der Waals surface area contributed by atoms with Crippen LogP contribution in [0.3, 0.4) is 0 Å². The van der Waals surface area contributed by atoms with E-state index >= 15 is 0 Å². The molecular formula is C15H21NO. The Bertz CT molecular complexity index is 401. The summed E-state index contributed by atoms with van der Waals surface area (Å²) in [6.45, 7) is 4.33. The van der Waals surface area contributed by atoms with Crippen molar-refractivity contribution in [3.8, 4) is 0 Å². The topological polar surface area (TPSA) is 43.1 Å². The number of hydrogen-bond acceptors (Lipinski definition) is 2. The van der Waals surface area contributed by atoms with Crippen LogP contribution in [0.25, 0.3) is 0 Å². The fraction of sp³-hybridized carbons (Fsp3) is 0.533. The number of anilines is 1. The van der Waals surface area contributed by atoms with Crippen LogP contribution in [0.5, 0.6) is 0 Å². The molecule has 1 aromatic carbocycles. The van der Waals surface area contributed by atoms with Crippen LogP contribution >= 0.6 is 0 Å². The number of nitrogens with two attached hydrogens (primary N) is 1. The molecule has 17 heavy (non-hydrogen) atoms. The van der Waals surface area contributed by atoms with Gasteiger partial charge in [0.1, 0.15) is 5.78 Å². The molecule has 0 radical (unpaired) electrons. The summed E-state index contributed by atoms with van der Waals surface area (Å²) in [5.74, 6) is 1.01. The Kier molecular flexibility index (Phi) is 3.23. The number of rotatable bonds is 5. The quantitative estimate of drug-likeness (QED) is 0.790. The van der Waals surface area contributed by atoms with E-state index in [0.717, 1.165) is 30.5 Å². The standard InChI is InChI=1S/C15H21NO/c1-11(2)3-8-14(17)15(9-10-15)12-4-6-13(16)7-5-12/h4-7,11H,3,8-10,16H2,1-2H3. The molecule has 2 rings (SSSR count). The van der Waals surface area contributed by atoms with Gasteiger partial charge in [-0.05, 0) is 42.9 Å². The molecule has 0 heterocycles. The Balaban J connectivity index is 2.08. The molecule has 0 saturated heterocycles. The third-order valence-corrected chi connectivity index (χ3v) is 3.70. The van der Waals surface area contributed by atoms with Gasteiger partial charge in [-0.15, -0.1) is 0 Å². The molecule has 0 spiro atoms. The molecule has 1 aromatic rings. The van der Waals surface area contributed by atoms with Crippen LogP contribution in [0.2, 0.25) is 0 Å². The molecule has 0 amide bonds. The normalized spacial score (nSPS) is 17.1. The molecule has 0 atom stereocenters. The van der Waals surface area contributed by atoms with E-state index in [1.54, 1.807) is 0 Å². The molecular weight excluding hydrogens is 210 g/mol. The minimum Gasteiger partial charge on any atom is -0.399 e. The predicted molar refractivity (Wildman–Crippen MR) is 70.8 cm³/mol. The molecule has 1 aliphatic rings. The third kappa shape index (κ3) is 2.51. The second-order valence-electron chi connectivity index (χ2n) is 5.56. The van der Waals surface area contributed by atoms with Crippen LogP contribution < -0.4 is 5.73 Å². The highest BCUT2D eigenvalue weighted by Crippen LogP contribution is 2.50. The summed E-state index contributed by atoms with van der Waals surface area (Å²) < 4.78 is 0. The van der Waals surface area contributed by atoms with Gasteiger partial charge in [0.05, 0.1) is 5.41 Å². The first kappa shape index (κ1) is 12.2. The van der Waals surface area contributed by atoms with Gasteiger partial charge < -0.3 is 5.73 Å². The Morgan fingerprint density at radius 2 is 1.88 bits per heavy atom. The second kappa shape index (κ2) is 4.52. The van der Waals surface area contributed by atoms with Crippen LogP contribution in [-0.2, 0) is 10.2 Å². The van der Waals surface area contributed by atoms with Gasteiger partial charge >= 0.3 is 0 Å². The minimum atomic E-state index is -0.164. The van der Waals surface area contributed by atoms with E-state index in [1.807, 2.05) is 24.3 Å². The summed E-state index contributed by atoms with van der Waals surface area (Å²) in [5, 5.41) is 0. The van der Waals surface area contributed by atoms with Crippen molar-refractivity contribution in [3.63, 3.8) is 0 Å². The maximum absolute atomic E-state index is 12.3. The maximum Gasteiger partial charge on any atom is 0.143 e. The first-order valence-corrected chi connectivity index (χ1v) is 6.44. The molecule has 1 saturated carbocycles. The van der Waals surface area contributed by atoms with E-state index in [9.17, 15) is 4.79 Å². The van der Waals surface area contributed by atoms with Gasteiger partial charge in [-0.2, -0.15) is 0 Å². The van der Waals surface area contributed by atoms with Crippen molar-refractivity contribution in [1.82, 2.24) is 0 Å². The van der Waals surface area contributed by atoms with Crippen molar-refractivity contribution in [3.05, 3.63) is 29.8 Å². The van der Waals surface area contributed by atoms with E-state index in [4.69, 9.17) is 5.73 Å². The first-order chi connectivity index (χ1) is 8.04. The zero-order valence-corrected chi connectivity index (χ0v) is 10.7. The average Bonchev–Trinajstić information content (AvgIpc) is 3.08. The highest BCUT2D eigenvalue weighted by atomic mass is 16.1. The van der Waals surface area contributed by atoms with Crippen LogP contribution in [-0.4, -0.2) is 5.78 Å². The van der Waals surface area contributed by atoms with Crippen LogP contribution in [0.15, 0.2) is 24.3 Å². The van der Waals surface area contributed by atoms with Crippen molar-refractivity contribution in [2.24, 2.45) is 5.92 Å². The number of hydrogen-bond donors (Lipinski definition) is 1. The lowest BCUT2D eigenvalue weighted by Gasteiger charge is -2.15. The van der Waals surface area contributed by atoms with Crippen LogP contribution in [0, 0.1) is 5.92 Å². The number of carbonyl (C=O) groups is 1. The fourth-order valence-electron chi connectivity index (χ4n) is 2.31. The molecule has 2 heteroatoms. The van der Waals surface area contributed by atoms with Crippen molar-refractivity contribution in [2.75, 3.05) is 5.73 Å². The Labute approximate surface area is 103 Å². The second-order valence-corrected chi connectivity index (χ2v) is 5.56. The summed E-state index contributed by atoms with van der Waals surface area (Å²) in [6, 6.07) is 7.81. The SMILES string of the molecule is CC(C)CCC(=O)C1(c2ccc(N)cc2)CC1. The average molecular weight is 231 g/mol. The third-order valence-electron chi connectivity index (χ3n) is 3.70. The molecule has 0 bridgehead atoms. The van der Waals surface area contributed by atoms with E-state index in [2.05, 4.69) is 13.8 Å². The highest BCUT2D eigenvalue weighted by Gasteiger charge is 2.49. The highest BCUT2D eigenvalue weighted by molar-refractivity contribution is 5.93. The predicted octanol–water partition coefficient (Wildman–Crippen LogP) is 3.31. The molecule has 1 aliphatic carbocycles. The Morgan fingerprint density at radius 1 is 1.29 bits per heavy atom. The molecule has 92 valence electrons. The lowest BCUT2D eigenvalue weighted by Crippen LogP contribution is -2.20. The summed E-state index contributed by atoms with van der Waals surface area (Å²) >= 11 is 0. The van der Waals surface area contributed by atoms with E-state index in [-0.39, 0.29) is 5.41 Å². The maximum atomic E-state index is 12.3. The number of ketones is 1.